The number of thioether (sulfide) groups is 1. The van der Waals surface area contributed by atoms with E-state index < -0.39 is 17.0 Å². The second-order valence-electron chi connectivity index (χ2n) is 7.06. The first-order valence-electron chi connectivity index (χ1n) is 9.87. The van der Waals surface area contributed by atoms with E-state index in [1.165, 1.54) is 40.9 Å². The maximum absolute atomic E-state index is 13.5. The predicted octanol–water partition coefficient (Wildman–Crippen LogP) is 4.89. The number of rotatable bonds is 5. The molecule has 0 aromatic heterocycles. The highest BCUT2D eigenvalue weighted by molar-refractivity contribution is 8.05. The Morgan fingerprint density at radius 1 is 1.00 bits per heavy atom. The van der Waals surface area contributed by atoms with E-state index >= 15 is 0 Å². The molecular weight excluding hydrogens is 425 g/mol. The maximum atomic E-state index is 13.5. The third-order valence-corrected chi connectivity index (χ3v) is 6.15. The molecule has 1 N–H and O–H groups in total. The smallest absolute Gasteiger partial charge is 0.269 e. The molecule has 1 heterocycles. The Labute approximate surface area is 189 Å². The van der Waals surface area contributed by atoms with Gasteiger partial charge in [-0.1, -0.05) is 60.3 Å². The van der Waals surface area contributed by atoms with E-state index in [9.17, 15) is 19.2 Å². The van der Waals surface area contributed by atoms with Gasteiger partial charge < -0.3 is 5.32 Å². The molecule has 2 amide bonds. The van der Waals surface area contributed by atoms with Crippen molar-refractivity contribution in [2.75, 3.05) is 10.2 Å². The molecule has 1 saturated heterocycles. The number of benzene rings is 3. The minimum Gasteiger partial charge on any atom is -0.321 e. The van der Waals surface area contributed by atoms with Crippen LogP contribution in [-0.2, 0) is 16.0 Å². The number of hydrogen-bond acceptors (Lipinski definition) is 4. The number of carbonyl (C=O) groups is 2. The summed E-state index contributed by atoms with van der Waals surface area (Å²) in [6.45, 7) is 0. The van der Waals surface area contributed by atoms with Gasteiger partial charge in [-0.15, -0.1) is 0 Å². The van der Waals surface area contributed by atoms with Crippen LogP contribution < -0.4 is 10.2 Å². The number of carbonyl (C=O) groups excluding carboxylic acids is 2. The lowest BCUT2D eigenvalue weighted by atomic mass is 10.1. The van der Waals surface area contributed by atoms with Gasteiger partial charge in [-0.2, -0.15) is 5.26 Å². The van der Waals surface area contributed by atoms with Crippen LogP contribution in [0.4, 0.5) is 15.8 Å². The topological polar surface area (TPSA) is 73.2 Å². The van der Waals surface area contributed by atoms with Crippen molar-refractivity contribution >= 4 is 35.0 Å². The molecule has 7 heteroatoms. The SMILES string of the molecule is N#CC(C(=O)Nc1ccccc1)=C1SC(Cc2ccccc2)C(=O)N1c1ccc(F)cc1. The summed E-state index contributed by atoms with van der Waals surface area (Å²) in [5, 5.41) is 12.2. The highest BCUT2D eigenvalue weighted by Crippen LogP contribution is 2.42. The third kappa shape index (κ3) is 4.56. The second kappa shape index (κ2) is 9.50. The summed E-state index contributed by atoms with van der Waals surface area (Å²) < 4.78 is 13.5. The number of amides is 2. The first kappa shape index (κ1) is 21.3. The highest BCUT2D eigenvalue weighted by Gasteiger charge is 2.40. The van der Waals surface area contributed by atoms with Gasteiger partial charge in [0.15, 0.2) is 0 Å². The summed E-state index contributed by atoms with van der Waals surface area (Å²) in [5.41, 5.74) is 1.72. The minimum atomic E-state index is -0.610. The van der Waals surface area contributed by atoms with E-state index in [0.717, 1.165) is 5.56 Å². The fourth-order valence-corrected chi connectivity index (χ4v) is 4.66. The second-order valence-corrected chi connectivity index (χ2v) is 8.25. The number of nitriles is 1. The summed E-state index contributed by atoms with van der Waals surface area (Å²) in [4.78, 5) is 27.6. The maximum Gasteiger partial charge on any atom is 0.269 e. The molecule has 3 aromatic carbocycles. The number of anilines is 2. The number of nitrogens with zero attached hydrogens (tertiary/aromatic N) is 2. The zero-order valence-electron chi connectivity index (χ0n) is 16.9. The largest absolute Gasteiger partial charge is 0.321 e. The van der Waals surface area contributed by atoms with E-state index in [4.69, 9.17) is 0 Å². The van der Waals surface area contributed by atoms with Crippen molar-refractivity contribution in [1.82, 2.24) is 0 Å². The van der Waals surface area contributed by atoms with Crippen molar-refractivity contribution in [3.63, 3.8) is 0 Å². The summed E-state index contributed by atoms with van der Waals surface area (Å²) >= 11 is 1.17. The van der Waals surface area contributed by atoms with Crippen LogP contribution in [0.25, 0.3) is 0 Å². The number of para-hydroxylation sites is 1. The molecule has 1 aliphatic heterocycles. The summed E-state index contributed by atoms with van der Waals surface area (Å²) in [6.07, 6.45) is 0.435. The molecule has 1 atom stereocenters. The van der Waals surface area contributed by atoms with Crippen molar-refractivity contribution in [3.05, 3.63) is 107 Å². The third-order valence-electron chi connectivity index (χ3n) is 4.89. The van der Waals surface area contributed by atoms with Crippen molar-refractivity contribution in [1.29, 1.82) is 5.26 Å². The van der Waals surface area contributed by atoms with Crippen molar-refractivity contribution in [2.24, 2.45) is 0 Å². The van der Waals surface area contributed by atoms with E-state index in [0.29, 0.717) is 17.8 Å². The van der Waals surface area contributed by atoms with Crippen LogP contribution in [0.15, 0.2) is 95.5 Å². The van der Waals surface area contributed by atoms with E-state index in [1.54, 1.807) is 24.3 Å². The first-order chi connectivity index (χ1) is 15.6. The predicted molar refractivity (Wildman–Crippen MR) is 123 cm³/mol. The van der Waals surface area contributed by atoms with Gasteiger partial charge in [0.05, 0.1) is 5.25 Å². The van der Waals surface area contributed by atoms with Gasteiger partial charge >= 0.3 is 0 Å². The first-order valence-corrected chi connectivity index (χ1v) is 10.8. The van der Waals surface area contributed by atoms with E-state index in [1.807, 2.05) is 42.5 Å². The van der Waals surface area contributed by atoms with Gasteiger partial charge in [-0.25, -0.2) is 4.39 Å². The molecule has 0 radical (unpaired) electrons. The van der Waals surface area contributed by atoms with E-state index in [2.05, 4.69) is 5.32 Å². The lowest BCUT2D eigenvalue weighted by Gasteiger charge is -2.18. The van der Waals surface area contributed by atoms with Crippen LogP contribution in [0.2, 0.25) is 0 Å². The standard InChI is InChI=1S/C25H18FN3O2S/c26-18-11-13-20(14-12-18)29-24(31)22(15-17-7-3-1-4-8-17)32-25(29)21(16-27)23(30)28-19-9-5-2-6-10-19/h1-14,22H,15H2,(H,28,30). The lowest BCUT2D eigenvalue weighted by molar-refractivity contribution is -0.117. The monoisotopic (exact) mass is 443 g/mol. The number of hydrogen-bond donors (Lipinski definition) is 1. The number of nitrogens with one attached hydrogen (secondary N) is 1. The van der Waals surface area contributed by atoms with Gasteiger partial charge in [-0.05, 0) is 48.4 Å². The fourth-order valence-electron chi connectivity index (χ4n) is 3.36. The fraction of sp³-hybridized carbons (Fsp3) is 0.0800. The average molecular weight is 444 g/mol. The Kier molecular flexibility index (Phi) is 6.34. The molecule has 5 nitrogen and oxygen atoms in total. The van der Waals surface area contributed by atoms with E-state index in [-0.39, 0.29) is 16.5 Å². The molecule has 3 aromatic rings. The molecule has 0 saturated carbocycles. The molecular formula is C25H18FN3O2S. The van der Waals surface area contributed by atoms with Gasteiger partial charge in [-0.3, -0.25) is 14.5 Å². The lowest BCUT2D eigenvalue weighted by Crippen LogP contribution is -2.30. The Balaban J connectivity index is 1.73. The van der Waals surface area contributed by atoms with Crippen molar-refractivity contribution in [2.45, 2.75) is 11.7 Å². The van der Waals surface area contributed by atoms with Crippen molar-refractivity contribution < 1.29 is 14.0 Å². The molecule has 1 fully saturated rings. The normalized spacial score (nSPS) is 17.1. The van der Waals surface area contributed by atoms with Crippen LogP contribution in [0, 0.1) is 17.1 Å². The van der Waals surface area contributed by atoms with Crippen LogP contribution in [-0.4, -0.2) is 17.1 Å². The van der Waals surface area contributed by atoms with Gasteiger partial charge in [0.2, 0.25) is 5.91 Å². The molecule has 0 bridgehead atoms. The van der Waals surface area contributed by atoms with Crippen LogP contribution in [0.5, 0.6) is 0 Å². The molecule has 32 heavy (non-hydrogen) atoms. The minimum absolute atomic E-state index is 0.174. The van der Waals surface area contributed by atoms with Crippen LogP contribution in [0.3, 0.4) is 0 Å². The van der Waals surface area contributed by atoms with Gasteiger partial charge in [0.1, 0.15) is 22.5 Å². The zero-order valence-corrected chi connectivity index (χ0v) is 17.7. The Morgan fingerprint density at radius 3 is 2.25 bits per heavy atom. The average Bonchev–Trinajstić information content (AvgIpc) is 3.12. The summed E-state index contributed by atoms with van der Waals surface area (Å²) in [5.74, 6) is -1.32. The molecule has 1 aliphatic rings. The molecule has 158 valence electrons. The van der Waals surface area contributed by atoms with Gasteiger partial charge in [0.25, 0.3) is 5.91 Å². The molecule has 4 rings (SSSR count). The highest BCUT2D eigenvalue weighted by atomic mass is 32.2. The van der Waals surface area contributed by atoms with Gasteiger partial charge in [0, 0.05) is 11.4 Å². The van der Waals surface area contributed by atoms with Crippen LogP contribution in [0.1, 0.15) is 5.56 Å². The molecule has 0 spiro atoms. The zero-order chi connectivity index (χ0) is 22.5. The Morgan fingerprint density at radius 2 is 1.62 bits per heavy atom. The Hall–Kier alpha value is -3.89. The number of halogens is 1. The van der Waals surface area contributed by atoms with Crippen molar-refractivity contribution in [3.8, 4) is 6.07 Å². The molecule has 1 unspecified atom stereocenters. The quantitative estimate of drug-likeness (QED) is 0.450. The Bertz CT molecular complexity index is 1210. The summed E-state index contributed by atoms with van der Waals surface area (Å²) in [7, 11) is 0. The molecule has 0 aliphatic carbocycles. The van der Waals surface area contributed by atoms with Crippen LogP contribution >= 0.6 is 11.8 Å². The summed E-state index contributed by atoms with van der Waals surface area (Å²) in [6, 6.07) is 25.6.